The minimum Gasteiger partial charge on any atom is -0.465 e. The number of ether oxygens (including phenoxy) is 2. The maximum Gasteiger partial charge on any atom is 0.313 e. The van der Waals surface area contributed by atoms with Gasteiger partial charge in [-0.25, -0.2) is 0 Å². The topological polar surface area (TPSA) is 96.4 Å². The molecule has 0 bridgehead atoms. The Morgan fingerprint density at radius 1 is 0.891 bits per heavy atom. The summed E-state index contributed by atoms with van der Waals surface area (Å²) in [7, 11) is 0. The van der Waals surface area contributed by atoms with Crippen LogP contribution in [0.1, 0.15) is 38.2 Å². The predicted molar refractivity (Wildman–Crippen MR) is 175 cm³/mol. The van der Waals surface area contributed by atoms with Crippen LogP contribution in [0, 0.1) is 11.8 Å². The van der Waals surface area contributed by atoms with Gasteiger partial charge in [0, 0.05) is 12.2 Å². The fourth-order valence-corrected chi connectivity index (χ4v) is 8.08. The van der Waals surface area contributed by atoms with Crippen molar-refractivity contribution in [1.29, 1.82) is 0 Å². The molecular weight excluding hydrogens is 580 g/mol. The van der Waals surface area contributed by atoms with Gasteiger partial charge in [-0.2, -0.15) is 0 Å². The van der Waals surface area contributed by atoms with E-state index < -0.39 is 41.1 Å². The molecule has 0 aromatic heterocycles. The smallest absolute Gasteiger partial charge is 0.313 e. The van der Waals surface area contributed by atoms with Crippen molar-refractivity contribution in [2.45, 2.75) is 62.3 Å². The van der Waals surface area contributed by atoms with E-state index in [-0.39, 0.29) is 31.6 Å². The van der Waals surface area contributed by atoms with Crippen molar-refractivity contribution < 1.29 is 29.0 Å². The second-order valence-corrected chi connectivity index (χ2v) is 12.8. The fourth-order valence-electron chi connectivity index (χ4n) is 8.08. The lowest BCUT2D eigenvalue weighted by atomic mass is 9.73. The highest BCUT2D eigenvalue weighted by Crippen LogP contribution is 2.58. The molecule has 2 fully saturated rings. The van der Waals surface area contributed by atoms with Gasteiger partial charge in [-0.05, 0) is 60.6 Å². The summed E-state index contributed by atoms with van der Waals surface area (Å²) in [5, 5.41) is 12.9. The van der Waals surface area contributed by atoms with Crippen molar-refractivity contribution in [2.75, 3.05) is 24.7 Å². The van der Waals surface area contributed by atoms with Crippen LogP contribution in [0.5, 0.6) is 0 Å². The Labute approximate surface area is 269 Å². The van der Waals surface area contributed by atoms with E-state index in [4.69, 9.17) is 9.47 Å². The molecule has 3 aromatic carbocycles. The zero-order chi connectivity index (χ0) is 31.9. The number of amides is 2. The van der Waals surface area contributed by atoms with Crippen molar-refractivity contribution in [3.05, 3.63) is 103 Å². The summed E-state index contributed by atoms with van der Waals surface area (Å²) < 4.78 is 12.9. The molecule has 238 valence electrons. The van der Waals surface area contributed by atoms with Gasteiger partial charge in [0.2, 0.25) is 5.91 Å². The Bertz CT molecular complexity index is 1700. The molecule has 6 atom stereocenters. The van der Waals surface area contributed by atoms with Crippen LogP contribution < -0.4 is 4.90 Å². The van der Waals surface area contributed by atoms with E-state index in [1.54, 1.807) is 4.90 Å². The van der Waals surface area contributed by atoms with Crippen LogP contribution in [0.4, 0.5) is 5.69 Å². The average molecular weight is 621 g/mol. The van der Waals surface area contributed by atoms with Gasteiger partial charge < -0.3 is 24.4 Å². The number of anilines is 1. The molecule has 0 saturated carbocycles. The van der Waals surface area contributed by atoms with E-state index in [1.807, 2.05) is 104 Å². The Hall–Kier alpha value is -4.27. The van der Waals surface area contributed by atoms with Crippen LogP contribution in [-0.2, 0) is 30.3 Å². The summed E-state index contributed by atoms with van der Waals surface area (Å²) in [6.07, 6.45) is 10.9. The number of aliphatic hydroxyl groups excluding tert-OH is 1. The van der Waals surface area contributed by atoms with Gasteiger partial charge in [0.25, 0.3) is 5.91 Å². The first-order valence-corrected chi connectivity index (χ1v) is 16.4. The molecular formula is C38H40N2O6. The summed E-state index contributed by atoms with van der Waals surface area (Å²) in [6, 6.07) is 21.6. The van der Waals surface area contributed by atoms with Crippen LogP contribution in [0.25, 0.3) is 10.8 Å². The summed E-state index contributed by atoms with van der Waals surface area (Å²) in [5.74, 6) is -3.12. The highest BCUT2D eigenvalue weighted by Gasteiger charge is 2.76. The molecule has 7 rings (SSSR count). The normalized spacial score (nSPS) is 30.7. The van der Waals surface area contributed by atoms with E-state index in [9.17, 15) is 14.7 Å². The highest BCUT2D eigenvalue weighted by atomic mass is 16.6. The van der Waals surface area contributed by atoms with Gasteiger partial charge in [-0.1, -0.05) is 91.9 Å². The standard InChI is InChI=1S/C38H40N2O6/c1-2-37-19-10-3-4-11-22-45-36(44)32(37)31-34(42)40(30(25-41)23-26-13-6-5-7-14-26)33-35(43)39(21-12-20-38(31,33)46-37)29-18-17-27-15-8-9-16-28(27)24-29/h5-10,12-20,24,30-33,41H,2-4,11,21-23,25H2,1H3/b19-10-/t30-,31+,32-,33?,37+,38+/m1/s1. The van der Waals surface area contributed by atoms with Crippen molar-refractivity contribution >= 4 is 34.2 Å². The summed E-state index contributed by atoms with van der Waals surface area (Å²) >= 11 is 0. The van der Waals surface area contributed by atoms with Gasteiger partial charge >= 0.3 is 5.97 Å². The van der Waals surface area contributed by atoms with E-state index in [0.717, 1.165) is 35.6 Å². The molecule has 1 spiro atoms. The number of esters is 1. The minimum atomic E-state index is -1.44. The number of hydrogen-bond donors (Lipinski definition) is 1. The molecule has 8 nitrogen and oxygen atoms in total. The third-order valence-corrected chi connectivity index (χ3v) is 10.3. The molecule has 46 heavy (non-hydrogen) atoms. The lowest BCUT2D eigenvalue weighted by Gasteiger charge is -2.41. The molecule has 0 aliphatic carbocycles. The molecule has 4 aliphatic heterocycles. The monoisotopic (exact) mass is 620 g/mol. The molecule has 1 N–H and O–H groups in total. The van der Waals surface area contributed by atoms with Crippen LogP contribution in [0.2, 0.25) is 0 Å². The van der Waals surface area contributed by atoms with Crippen molar-refractivity contribution in [1.82, 2.24) is 4.90 Å². The molecule has 4 aliphatic rings. The number of rotatable bonds is 6. The zero-order valence-corrected chi connectivity index (χ0v) is 26.1. The highest BCUT2D eigenvalue weighted by molar-refractivity contribution is 6.06. The van der Waals surface area contributed by atoms with Crippen LogP contribution >= 0.6 is 0 Å². The first-order chi connectivity index (χ1) is 22.4. The van der Waals surface area contributed by atoms with Gasteiger partial charge in [-0.3, -0.25) is 14.4 Å². The fraction of sp³-hybridized carbons (Fsp3) is 0.395. The lowest BCUT2D eigenvalue weighted by Crippen LogP contribution is -2.59. The van der Waals surface area contributed by atoms with Gasteiger partial charge in [0.15, 0.2) is 0 Å². The number of benzene rings is 3. The molecule has 2 amide bonds. The van der Waals surface area contributed by atoms with Gasteiger partial charge in [0.05, 0.1) is 25.2 Å². The van der Waals surface area contributed by atoms with Crippen LogP contribution in [-0.4, -0.2) is 70.8 Å². The number of aliphatic hydroxyl groups is 1. The molecule has 4 heterocycles. The maximum atomic E-state index is 15.1. The summed E-state index contributed by atoms with van der Waals surface area (Å²) in [6.45, 7) is 2.11. The molecule has 1 unspecified atom stereocenters. The number of nitrogens with zero attached hydrogens (tertiary/aromatic N) is 2. The van der Waals surface area contributed by atoms with Crippen LogP contribution in [0.3, 0.4) is 0 Å². The SMILES string of the molecule is CC[C@]12/C=C\CCCCOC(=O)[C@H]1[C@H]1C(=O)N([C@@H](CO)Cc3ccccc3)C3C(=O)N(c4ccc5ccccc5c4)CC=C[C@@]31O2. The maximum absolute atomic E-state index is 15.1. The zero-order valence-electron chi connectivity index (χ0n) is 26.1. The summed E-state index contributed by atoms with van der Waals surface area (Å²) in [5.41, 5.74) is -0.947. The average Bonchev–Trinajstić information content (AvgIpc) is 3.44. The van der Waals surface area contributed by atoms with Gasteiger partial charge in [-0.15, -0.1) is 0 Å². The third-order valence-electron chi connectivity index (χ3n) is 10.3. The molecule has 0 radical (unpaired) electrons. The number of hydrogen-bond acceptors (Lipinski definition) is 6. The van der Waals surface area contributed by atoms with Crippen molar-refractivity contribution in [2.24, 2.45) is 11.8 Å². The molecule has 3 aromatic rings. The quantitative estimate of drug-likeness (QED) is 0.308. The van der Waals surface area contributed by atoms with E-state index in [2.05, 4.69) is 0 Å². The Kier molecular flexibility index (Phi) is 8.03. The van der Waals surface area contributed by atoms with E-state index in [1.165, 1.54) is 4.90 Å². The first kappa shape index (κ1) is 30.4. The van der Waals surface area contributed by atoms with E-state index >= 15 is 4.79 Å². The number of cyclic esters (lactones) is 1. The third kappa shape index (κ3) is 4.86. The summed E-state index contributed by atoms with van der Waals surface area (Å²) in [4.78, 5) is 47.2. The first-order valence-electron chi connectivity index (χ1n) is 16.4. The van der Waals surface area contributed by atoms with Gasteiger partial charge in [0.1, 0.15) is 23.2 Å². The molecule has 2 saturated heterocycles. The number of carbonyl (C=O) groups excluding carboxylic acids is 3. The van der Waals surface area contributed by atoms with E-state index in [0.29, 0.717) is 18.5 Å². The number of fused-ring (bicyclic) bond motifs is 3. The minimum absolute atomic E-state index is 0.264. The Morgan fingerprint density at radius 3 is 2.46 bits per heavy atom. The second-order valence-electron chi connectivity index (χ2n) is 12.8. The predicted octanol–water partition coefficient (Wildman–Crippen LogP) is 4.99. The number of likely N-dealkylation sites (tertiary alicyclic amines) is 1. The lowest BCUT2D eigenvalue weighted by molar-refractivity contribution is -0.161. The second kappa shape index (κ2) is 12.2. The number of carbonyl (C=O) groups is 3. The van der Waals surface area contributed by atoms with Crippen LogP contribution in [0.15, 0.2) is 97.1 Å². The van der Waals surface area contributed by atoms with Crippen molar-refractivity contribution in [3.63, 3.8) is 0 Å². The number of allylic oxidation sites excluding steroid dienone is 1. The largest absolute Gasteiger partial charge is 0.465 e. The van der Waals surface area contributed by atoms with Crippen molar-refractivity contribution in [3.8, 4) is 0 Å². The molecule has 8 heteroatoms. The Balaban J connectivity index is 1.38. The Morgan fingerprint density at radius 2 is 1.67 bits per heavy atom.